The van der Waals surface area contributed by atoms with Crippen molar-refractivity contribution in [2.45, 2.75) is 12.6 Å². The number of methoxy groups -OCH3 is 3. The molecule has 0 aliphatic heterocycles. The average molecular weight is 257 g/mol. The fourth-order valence-corrected chi connectivity index (χ4v) is 1.44. The second-order valence-corrected chi connectivity index (χ2v) is 3.70. The van der Waals surface area contributed by atoms with Crippen LogP contribution in [0.15, 0.2) is 16.5 Å². The van der Waals surface area contributed by atoms with E-state index in [0.717, 1.165) is 0 Å². The maximum absolute atomic E-state index is 11.2. The number of hydrogen-bond donors (Lipinski definition) is 1. The predicted octanol–water partition coefficient (Wildman–Crippen LogP) is 0.817. The van der Waals surface area contributed by atoms with Crippen LogP contribution in [0.3, 0.4) is 0 Å². The number of ether oxygens (including phenoxy) is 3. The van der Waals surface area contributed by atoms with Crippen LogP contribution in [0.4, 0.5) is 0 Å². The van der Waals surface area contributed by atoms with E-state index in [2.05, 4.69) is 10.1 Å². The number of esters is 1. The SMILES string of the molecule is COCC(CNCc1ccc(C(=O)OC)o1)OC. The van der Waals surface area contributed by atoms with Gasteiger partial charge in [0.25, 0.3) is 0 Å². The second kappa shape index (κ2) is 7.86. The van der Waals surface area contributed by atoms with Crippen molar-refractivity contribution in [2.24, 2.45) is 0 Å². The number of nitrogens with one attached hydrogen (secondary N) is 1. The average Bonchev–Trinajstić information content (AvgIpc) is 2.85. The van der Waals surface area contributed by atoms with Crippen LogP contribution in [0.2, 0.25) is 0 Å². The summed E-state index contributed by atoms with van der Waals surface area (Å²) in [4.78, 5) is 11.2. The molecule has 1 N–H and O–H groups in total. The molecule has 1 atom stereocenters. The molecule has 102 valence electrons. The van der Waals surface area contributed by atoms with Gasteiger partial charge in [-0.05, 0) is 12.1 Å². The highest BCUT2D eigenvalue weighted by atomic mass is 16.5. The van der Waals surface area contributed by atoms with Crippen LogP contribution in [-0.2, 0) is 20.8 Å². The van der Waals surface area contributed by atoms with Crippen molar-refractivity contribution in [3.8, 4) is 0 Å². The summed E-state index contributed by atoms with van der Waals surface area (Å²) in [6, 6.07) is 3.32. The lowest BCUT2D eigenvalue weighted by Gasteiger charge is -2.14. The zero-order valence-electron chi connectivity index (χ0n) is 10.9. The smallest absolute Gasteiger partial charge is 0.373 e. The molecule has 0 saturated carbocycles. The first-order chi connectivity index (χ1) is 8.71. The molecule has 1 aromatic heterocycles. The summed E-state index contributed by atoms with van der Waals surface area (Å²) in [5.74, 6) is 0.396. The largest absolute Gasteiger partial charge is 0.463 e. The van der Waals surface area contributed by atoms with E-state index in [1.165, 1.54) is 7.11 Å². The van der Waals surface area contributed by atoms with Crippen LogP contribution in [-0.4, -0.2) is 46.6 Å². The summed E-state index contributed by atoms with van der Waals surface area (Å²) in [5, 5.41) is 3.16. The fourth-order valence-electron chi connectivity index (χ4n) is 1.44. The van der Waals surface area contributed by atoms with Gasteiger partial charge >= 0.3 is 5.97 Å². The van der Waals surface area contributed by atoms with Crippen LogP contribution in [0.1, 0.15) is 16.3 Å². The quantitative estimate of drug-likeness (QED) is 0.695. The minimum Gasteiger partial charge on any atom is -0.463 e. The Morgan fingerprint density at radius 2 is 2.17 bits per heavy atom. The Balaban J connectivity index is 2.35. The molecule has 6 nitrogen and oxygen atoms in total. The molecule has 0 fully saturated rings. The van der Waals surface area contributed by atoms with E-state index >= 15 is 0 Å². The molecule has 0 bridgehead atoms. The van der Waals surface area contributed by atoms with Crippen molar-refractivity contribution in [3.63, 3.8) is 0 Å². The highest BCUT2D eigenvalue weighted by molar-refractivity contribution is 5.86. The van der Waals surface area contributed by atoms with Crippen molar-refractivity contribution in [1.29, 1.82) is 0 Å². The Kier molecular flexibility index (Phi) is 6.42. The summed E-state index contributed by atoms with van der Waals surface area (Å²) < 4.78 is 20.1. The van der Waals surface area contributed by atoms with Crippen LogP contribution in [0, 0.1) is 0 Å². The molecule has 0 spiro atoms. The Labute approximate surface area is 106 Å². The summed E-state index contributed by atoms with van der Waals surface area (Å²) in [5.41, 5.74) is 0. The van der Waals surface area contributed by atoms with Crippen molar-refractivity contribution in [2.75, 3.05) is 34.5 Å². The van der Waals surface area contributed by atoms with Crippen LogP contribution in [0.5, 0.6) is 0 Å². The monoisotopic (exact) mass is 257 g/mol. The second-order valence-electron chi connectivity index (χ2n) is 3.70. The molecule has 6 heteroatoms. The molecule has 0 aliphatic carbocycles. The molecular formula is C12H19NO5. The minimum absolute atomic E-state index is 0.00922. The van der Waals surface area contributed by atoms with E-state index in [4.69, 9.17) is 13.9 Å². The lowest BCUT2D eigenvalue weighted by molar-refractivity contribution is 0.0285. The zero-order chi connectivity index (χ0) is 13.4. The summed E-state index contributed by atoms with van der Waals surface area (Å²) >= 11 is 0. The number of hydrogen-bond acceptors (Lipinski definition) is 6. The molecule has 1 aromatic rings. The Morgan fingerprint density at radius 1 is 1.39 bits per heavy atom. The first-order valence-electron chi connectivity index (χ1n) is 5.60. The van der Waals surface area contributed by atoms with E-state index < -0.39 is 5.97 Å². The standard InChI is InChI=1S/C12H19NO5/c1-15-8-10(16-2)7-13-6-9-4-5-11(18-9)12(14)17-3/h4-5,10,13H,6-8H2,1-3H3. The van der Waals surface area contributed by atoms with Gasteiger partial charge in [0.05, 0.1) is 26.4 Å². The molecule has 0 saturated heterocycles. The number of carbonyl (C=O) groups excluding carboxylic acids is 1. The van der Waals surface area contributed by atoms with Gasteiger partial charge in [0, 0.05) is 20.8 Å². The fraction of sp³-hybridized carbons (Fsp3) is 0.583. The summed E-state index contributed by atoms with van der Waals surface area (Å²) in [7, 11) is 4.57. The van der Waals surface area contributed by atoms with Crippen LogP contribution in [0.25, 0.3) is 0 Å². The van der Waals surface area contributed by atoms with E-state index in [9.17, 15) is 4.79 Å². The van der Waals surface area contributed by atoms with Crippen LogP contribution < -0.4 is 5.32 Å². The molecule has 1 heterocycles. The lowest BCUT2D eigenvalue weighted by Crippen LogP contribution is -2.31. The molecular weight excluding hydrogens is 238 g/mol. The maximum atomic E-state index is 11.2. The Bertz CT molecular complexity index is 363. The topological polar surface area (TPSA) is 69.9 Å². The predicted molar refractivity (Wildman–Crippen MR) is 64.4 cm³/mol. The van der Waals surface area contributed by atoms with Crippen LogP contribution >= 0.6 is 0 Å². The third-order valence-electron chi connectivity index (χ3n) is 2.41. The summed E-state index contributed by atoms with van der Waals surface area (Å²) in [6.45, 7) is 1.67. The highest BCUT2D eigenvalue weighted by Crippen LogP contribution is 2.08. The first kappa shape index (κ1) is 14.7. The zero-order valence-corrected chi connectivity index (χ0v) is 10.9. The first-order valence-corrected chi connectivity index (χ1v) is 5.60. The molecule has 18 heavy (non-hydrogen) atoms. The van der Waals surface area contributed by atoms with Crippen molar-refractivity contribution >= 4 is 5.97 Å². The van der Waals surface area contributed by atoms with Gasteiger partial charge in [-0.25, -0.2) is 4.79 Å². The Morgan fingerprint density at radius 3 is 2.78 bits per heavy atom. The molecule has 0 amide bonds. The van der Waals surface area contributed by atoms with Gasteiger partial charge in [0.2, 0.25) is 5.76 Å². The molecule has 0 aromatic carbocycles. The van der Waals surface area contributed by atoms with Gasteiger partial charge in [-0.3, -0.25) is 0 Å². The Hall–Kier alpha value is -1.37. The van der Waals surface area contributed by atoms with Crippen molar-refractivity contribution in [1.82, 2.24) is 5.32 Å². The molecule has 0 radical (unpaired) electrons. The number of furan rings is 1. The van der Waals surface area contributed by atoms with Gasteiger partial charge in [0.1, 0.15) is 5.76 Å². The van der Waals surface area contributed by atoms with Gasteiger partial charge in [-0.1, -0.05) is 0 Å². The van der Waals surface area contributed by atoms with Gasteiger partial charge < -0.3 is 23.9 Å². The van der Waals surface area contributed by atoms with E-state index in [0.29, 0.717) is 25.5 Å². The van der Waals surface area contributed by atoms with Crippen molar-refractivity contribution < 1.29 is 23.4 Å². The van der Waals surface area contributed by atoms with Gasteiger partial charge in [0.15, 0.2) is 0 Å². The normalized spacial score (nSPS) is 12.4. The molecule has 1 unspecified atom stereocenters. The lowest BCUT2D eigenvalue weighted by atomic mass is 10.3. The van der Waals surface area contributed by atoms with E-state index in [1.807, 2.05) is 0 Å². The third kappa shape index (κ3) is 4.48. The molecule has 0 aliphatic rings. The van der Waals surface area contributed by atoms with Gasteiger partial charge in [-0.2, -0.15) is 0 Å². The third-order valence-corrected chi connectivity index (χ3v) is 2.41. The number of rotatable bonds is 8. The van der Waals surface area contributed by atoms with Gasteiger partial charge in [-0.15, -0.1) is 0 Å². The van der Waals surface area contributed by atoms with Crippen molar-refractivity contribution in [3.05, 3.63) is 23.7 Å². The minimum atomic E-state index is -0.476. The highest BCUT2D eigenvalue weighted by Gasteiger charge is 2.11. The maximum Gasteiger partial charge on any atom is 0.373 e. The number of carbonyl (C=O) groups is 1. The van der Waals surface area contributed by atoms with E-state index in [-0.39, 0.29) is 11.9 Å². The molecule has 1 rings (SSSR count). The summed E-state index contributed by atoms with van der Waals surface area (Å²) in [6.07, 6.45) is -0.00922. The van der Waals surface area contributed by atoms with E-state index in [1.54, 1.807) is 26.4 Å².